The number of rotatable bonds is 3. The number of nitrogens with zero attached hydrogens (tertiary/aromatic N) is 2. The zero-order valence-corrected chi connectivity index (χ0v) is 11.9. The molecule has 0 fully saturated rings. The van der Waals surface area contributed by atoms with Crippen LogP contribution in [0.3, 0.4) is 0 Å². The Morgan fingerprint density at radius 3 is 2.35 bits per heavy atom. The Labute approximate surface area is 119 Å². The smallest absolute Gasteiger partial charge is 0.0889 e. The van der Waals surface area contributed by atoms with Crippen LogP contribution in [-0.2, 0) is 6.42 Å². The lowest BCUT2D eigenvalue weighted by Crippen LogP contribution is -1.98. The highest BCUT2D eigenvalue weighted by Gasteiger charge is 2.09. The molecule has 0 spiro atoms. The molecule has 1 atom stereocenters. The predicted octanol–water partition coefficient (Wildman–Crippen LogP) is 4.34. The highest BCUT2D eigenvalue weighted by atomic mass is 14.7. The zero-order valence-electron chi connectivity index (χ0n) is 11.9. The second-order valence-corrected chi connectivity index (χ2v) is 5.14. The molecule has 2 nitrogen and oxygen atoms in total. The third-order valence-electron chi connectivity index (χ3n) is 3.82. The first kappa shape index (κ1) is 12.8. The van der Waals surface area contributed by atoms with Gasteiger partial charge in [-0.05, 0) is 35.2 Å². The van der Waals surface area contributed by atoms with Gasteiger partial charge in [-0.2, -0.15) is 0 Å². The van der Waals surface area contributed by atoms with E-state index in [2.05, 4.69) is 60.2 Å². The second kappa shape index (κ2) is 5.41. The number of fused-ring (bicyclic) bond motifs is 1. The average molecular weight is 262 g/mol. The van der Waals surface area contributed by atoms with Gasteiger partial charge in [0, 0.05) is 18.3 Å². The fourth-order valence-electron chi connectivity index (χ4n) is 2.42. The summed E-state index contributed by atoms with van der Waals surface area (Å²) in [4.78, 5) is 9.10. The van der Waals surface area contributed by atoms with E-state index >= 15 is 0 Å². The molecule has 0 N–H and O–H groups in total. The Morgan fingerprint density at radius 2 is 1.60 bits per heavy atom. The van der Waals surface area contributed by atoms with Crippen LogP contribution in [0.2, 0.25) is 0 Å². The van der Waals surface area contributed by atoms with Gasteiger partial charge >= 0.3 is 0 Å². The summed E-state index contributed by atoms with van der Waals surface area (Å²) in [5, 5.41) is 0. The molecule has 20 heavy (non-hydrogen) atoms. The Kier molecular flexibility index (Phi) is 3.46. The lowest BCUT2D eigenvalue weighted by atomic mass is 9.94. The van der Waals surface area contributed by atoms with Crippen LogP contribution < -0.4 is 0 Å². The lowest BCUT2D eigenvalue weighted by molar-refractivity contribution is 0.915. The number of aryl methyl sites for hydroxylation is 1. The Bertz CT molecular complexity index is 720. The molecule has 2 heteroatoms. The topological polar surface area (TPSA) is 25.8 Å². The second-order valence-electron chi connectivity index (χ2n) is 5.14. The third-order valence-corrected chi connectivity index (χ3v) is 3.82. The summed E-state index contributed by atoms with van der Waals surface area (Å²) in [5.74, 6) is 0.334. The van der Waals surface area contributed by atoms with E-state index in [4.69, 9.17) is 0 Å². The minimum absolute atomic E-state index is 0.334. The van der Waals surface area contributed by atoms with Crippen molar-refractivity contribution < 1.29 is 0 Å². The summed E-state index contributed by atoms with van der Waals surface area (Å²) in [6, 6.07) is 14.8. The molecule has 0 aliphatic rings. The molecular formula is C18H18N2. The van der Waals surface area contributed by atoms with E-state index in [9.17, 15) is 0 Å². The monoisotopic (exact) mass is 262 g/mol. The van der Waals surface area contributed by atoms with Gasteiger partial charge in [0.05, 0.1) is 11.0 Å². The molecule has 0 saturated heterocycles. The molecular weight excluding hydrogens is 244 g/mol. The van der Waals surface area contributed by atoms with E-state index in [1.165, 1.54) is 16.7 Å². The van der Waals surface area contributed by atoms with E-state index in [0.717, 1.165) is 17.5 Å². The fourth-order valence-corrected chi connectivity index (χ4v) is 2.42. The van der Waals surface area contributed by atoms with Crippen molar-refractivity contribution in [2.24, 2.45) is 0 Å². The number of aromatic nitrogens is 2. The van der Waals surface area contributed by atoms with Gasteiger partial charge in [0.15, 0.2) is 0 Å². The van der Waals surface area contributed by atoms with Crippen molar-refractivity contribution in [2.45, 2.75) is 26.2 Å². The van der Waals surface area contributed by atoms with Gasteiger partial charge in [-0.3, -0.25) is 9.97 Å². The summed E-state index contributed by atoms with van der Waals surface area (Å²) in [6.45, 7) is 4.34. The molecule has 0 saturated carbocycles. The summed E-state index contributed by atoms with van der Waals surface area (Å²) in [6.07, 6.45) is 4.91. The normalized spacial score (nSPS) is 12.5. The molecule has 0 radical (unpaired) electrons. The van der Waals surface area contributed by atoms with E-state index in [1.54, 1.807) is 0 Å². The van der Waals surface area contributed by atoms with E-state index in [0.29, 0.717) is 5.92 Å². The molecule has 0 amide bonds. The highest BCUT2D eigenvalue weighted by Crippen LogP contribution is 2.25. The maximum atomic E-state index is 4.57. The average Bonchev–Trinajstić information content (AvgIpc) is 2.54. The maximum absolute atomic E-state index is 4.57. The summed E-state index contributed by atoms with van der Waals surface area (Å²) < 4.78 is 0. The first-order valence-electron chi connectivity index (χ1n) is 7.07. The van der Waals surface area contributed by atoms with Crippen molar-refractivity contribution in [1.29, 1.82) is 0 Å². The molecule has 0 bridgehead atoms. The van der Waals surface area contributed by atoms with E-state index in [1.807, 2.05) is 18.5 Å². The van der Waals surface area contributed by atoms with Crippen LogP contribution in [0.5, 0.6) is 0 Å². The summed E-state index contributed by atoms with van der Waals surface area (Å²) in [5.41, 5.74) is 5.70. The van der Waals surface area contributed by atoms with Crippen LogP contribution in [-0.4, -0.2) is 9.97 Å². The first-order chi connectivity index (χ1) is 9.78. The minimum atomic E-state index is 0.334. The SMILES string of the molecule is CCc1cnc2cc(C(C)c3ccccc3)cnc2c1. The van der Waals surface area contributed by atoms with Gasteiger partial charge < -0.3 is 0 Å². The zero-order chi connectivity index (χ0) is 13.9. The molecule has 1 unspecified atom stereocenters. The minimum Gasteiger partial charge on any atom is -0.254 e. The quantitative estimate of drug-likeness (QED) is 0.701. The van der Waals surface area contributed by atoms with Gasteiger partial charge in [0.25, 0.3) is 0 Å². The maximum Gasteiger partial charge on any atom is 0.0889 e. The predicted molar refractivity (Wildman–Crippen MR) is 82.9 cm³/mol. The summed E-state index contributed by atoms with van der Waals surface area (Å²) in [7, 11) is 0. The first-order valence-corrected chi connectivity index (χ1v) is 7.07. The fraction of sp³-hybridized carbons (Fsp3) is 0.222. The van der Waals surface area contributed by atoms with Gasteiger partial charge in [0.1, 0.15) is 0 Å². The molecule has 0 aliphatic heterocycles. The van der Waals surface area contributed by atoms with Gasteiger partial charge in [0.2, 0.25) is 0 Å². The van der Waals surface area contributed by atoms with Crippen LogP contribution in [0.4, 0.5) is 0 Å². The number of hydrogen-bond acceptors (Lipinski definition) is 2. The van der Waals surface area contributed by atoms with Crippen LogP contribution in [0.15, 0.2) is 54.9 Å². The van der Waals surface area contributed by atoms with E-state index in [-0.39, 0.29) is 0 Å². The van der Waals surface area contributed by atoms with Gasteiger partial charge in [-0.1, -0.05) is 44.2 Å². The van der Waals surface area contributed by atoms with Crippen LogP contribution in [0.1, 0.15) is 36.5 Å². The van der Waals surface area contributed by atoms with E-state index < -0.39 is 0 Å². The molecule has 3 aromatic rings. The molecule has 2 heterocycles. The van der Waals surface area contributed by atoms with Crippen molar-refractivity contribution >= 4 is 11.0 Å². The highest BCUT2D eigenvalue weighted by molar-refractivity contribution is 5.75. The largest absolute Gasteiger partial charge is 0.254 e. The van der Waals surface area contributed by atoms with Crippen molar-refractivity contribution in [3.8, 4) is 0 Å². The Hall–Kier alpha value is -2.22. The van der Waals surface area contributed by atoms with Crippen molar-refractivity contribution in [1.82, 2.24) is 9.97 Å². The Balaban J connectivity index is 2.01. The van der Waals surface area contributed by atoms with Gasteiger partial charge in [-0.15, -0.1) is 0 Å². The van der Waals surface area contributed by atoms with Crippen LogP contribution >= 0.6 is 0 Å². The van der Waals surface area contributed by atoms with Crippen molar-refractivity contribution in [2.75, 3.05) is 0 Å². The standard InChI is InChI=1S/C18H18N2/c1-3-14-9-17-18(19-11-14)10-16(12-20-17)13(2)15-7-5-4-6-8-15/h4-13H,3H2,1-2H3. The third kappa shape index (κ3) is 2.42. The van der Waals surface area contributed by atoms with Crippen molar-refractivity contribution in [3.63, 3.8) is 0 Å². The van der Waals surface area contributed by atoms with Crippen LogP contribution in [0.25, 0.3) is 11.0 Å². The lowest BCUT2D eigenvalue weighted by Gasteiger charge is -2.12. The van der Waals surface area contributed by atoms with Crippen molar-refractivity contribution in [3.05, 3.63) is 71.5 Å². The molecule has 1 aromatic carbocycles. The molecule has 100 valence electrons. The number of hydrogen-bond donors (Lipinski definition) is 0. The van der Waals surface area contributed by atoms with Gasteiger partial charge in [-0.25, -0.2) is 0 Å². The number of benzene rings is 1. The number of pyridine rings is 2. The Morgan fingerprint density at radius 1 is 0.900 bits per heavy atom. The molecule has 0 aliphatic carbocycles. The molecule has 3 rings (SSSR count). The molecule has 2 aromatic heterocycles. The van der Waals surface area contributed by atoms with Crippen LogP contribution in [0, 0.1) is 0 Å². The summed E-state index contributed by atoms with van der Waals surface area (Å²) >= 11 is 0.